The minimum Gasteiger partial charge on any atom is -0.297 e. The molecule has 4 rings (SSSR count). The lowest BCUT2D eigenvalue weighted by Gasteiger charge is -2.05. The Morgan fingerprint density at radius 3 is 3.00 bits per heavy atom. The third kappa shape index (κ3) is 1.39. The summed E-state index contributed by atoms with van der Waals surface area (Å²) in [5.41, 5.74) is 4.27. The molecule has 0 spiro atoms. The van der Waals surface area contributed by atoms with Crippen molar-refractivity contribution in [2.24, 2.45) is 0 Å². The second-order valence-corrected chi connectivity index (χ2v) is 5.11. The van der Waals surface area contributed by atoms with Gasteiger partial charge in [-0.05, 0) is 13.3 Å². The van der Waals surface area contributed by atoms with Crippen LogP contribution < -0.4 is 0 Å². The fourth-order valence-electron chi connectivity index (χ4n) is 2.56. The van der Waals surface area contributed by atoms with Gasteiger partial charge in [-0.3, -0.25) is 5.10 Å². The molecule has 1 N–H and O–H groups in total. The number of nitrogens with one attached hydrogen (secondary N) is 1. The van der Waals surface area contributed by atoms with E-state index in [9.17, 15) is 0 Å². The molecule has 0 unspecified atom stereocenters. The van der Waals surface area contributed by atoms with Crippen LogP contribution >= 0.6 is 11.6 Å². The Bertz CT molecular complexity index is 967. The molecule has 0 radical (unpaired) electrons. The molecule has 0 aliphatic heterocycles. The Kier molecular flexibility index (Phi) is 2.26. The molecular weight excluding hydrogens is 276 g/mol. The minimum atomic E-state index is 0.441. The van der Waals surface area contributed by atoms with Crippen molar-refractivity contribution in [3.05, 3.63) is 28.8 Å². The Labute approximate surface area is 118 Å². The third-order valence-electron chi connectivity index (χ3n) is 3.44. The minimum absolute atomic E-state index is 0.441. The lowest BCUT2D eigenvalue weighted by atomic mass is 10.2. The fourth-order valence-corrected chi connectivity index (χ4v) is 2.78. The van der Waals surface area contributed by atoms with E-state index in [4.69, 9.17) is 11.6 Å². The number of aromatic nitrogens is 6. The molecule has 0 saturated heterocycles. The smallest absolute Gasteiger partial charge is 0.185 e. The van der Waals surface area contributed by atoms with Gasteiger partial charge >= 0.3 is 0 Å². The van der Waals surface area contributed by atoms with Crippen molar-refractivity contribution in [1.82, 2.24) is 29.8 Å². The van der Waals surface area contributed by atoms with E-state index in [1.165, 1.54) is 0 Å². The Hall–Kier alpha value is -2.21. The molecule has 100 valence electrons. The first-order valence-corrected chi connectivity index (χ1v) is 6.74. The van der Waals surface area contributed by atoms with Crippen LogP contribution in [-0.4, -0.2) is 29.8 Å². The first kappa shape index (κ1) is 11.6. The van der Waals surface area contributed by atoms with E-state index in [2.05, 4.69) is 25.3 Å². The molecule has 0 bridgehead atoms. The van der Waals surface area contributed by atoms with Crippen molar-refractivity contribution in [3.63, 3.8) is 0 Å². The number of hydrogen-bond donors (Lipinski definition) is 1. The zero-order chi connectivity index (χ0) is 13.9. The highest BCUT2D eigenvalue weighted by Crippen LogP contribution is 2.29. The topological polar surface area (TPSA) is 71.8 Å². The van der Waals surface area contributed by atoms with E-state index in [-0.39, 0.29) is 0 Å². The maximum Gasteiger partial charge on any atom is 0.185 e. The van der Waals surface area contributed by atoms with E-state index in [1.54, 1.807) is 6.20 Å². The molecule has 0 saturated carbocycles. The predicted octanol–water partition coefficient (Wildman–Crippen LogP) is 2.68. The van der Waals surface area contributed by atoms with Gasteiger partial charge in [0.05, 0.1) is 22.0 Å². The van der Waals surface area contributed by atoms with Gasteiger partial charge in [0.25, 0.3) is 0 Å². The highest BCUT2D eigenvalue weighted by Gasteiger charge is 2.16. The van der Waals surface area contributed by atoms with E-state index in [0.29, 0.717) is 10.8 Å². The lowest BCUT2D eigenvalue weighted by Crippen LogP contribution is -1.97. The summed E-state index contributed by atoms with van der Waals surface area (Å²) >= 11 is 6.29. The monoisotopic (exact) mass is 286 g/mol. The van der Waals surface area contributed by atoms with Crippen molar-refractivity contribution in [3.8, 4) is 0 Å². The predicted molar refractivity (Wildman–Crippen MR) is 77.1 cm³/mol. The van der Waals surface area contributed by atoms with E-state index < -0.39 is 0 Å². The summed E-state index contributed by atoms with van der Waals surface area (Å²) in [7, 11) is 0. The highest BCUT2D eigenvalue weighted by molar-refractivity contribution is 6.35. The molecule has 4 heterocycles. The van der Waals surface area contributed by atoms with Gasteiger partial charge in [-0.15, -0.1) is 5.10 Å². The third-order valence-corrected chi connectivity index (χ3v) is 3.73. The average Bonchev–Trinajstić information content (AvgIpc) is 3.00. The molecule has 0 aromatic carbocycles. The number of H-pyrrole nitrogens is 1. The molecule has 0 atom stereocenters. The van der Waals surface area contributed by atoms with E-state index >= 15 is 0 Å². The molecule has 7 heteroatoms. The first-order chi connectivity index (χ1) is 9.69. The van der Waals surface area contributed by atoms with Crippen LogP contribution in [0.25, 0.3) is 27.6 Å². The molecule has 0 aliphatic carbocycles. The normalized spacial score (nSPS) is 11.9. The maximum atomic E-state index is 6.29. The number of pyridine rings is 1. The number of hydrogen-bond acceptors (Lipinski definition) is 4. The van der Waals surface area contributed by atoms with Crippen LogP contribution in [0.15, 0.2) is 12.3 Å². The van der Waals surface area contributed by atoms with Crippen LogP contribution in [0.3, 0.4) is 0 Å². The van der Waals surface area contributed by atoms with Crippen LogP contribution in [0.4, 0.5) is 0 Å². The molecule has 4 aromatic rings. The lowest BCUT2D eigenvalue weighted by molar-refractivity contribution is 0.956. The van der Waals surface area contributed by atoms with E-state index in [1.807, 2.05) is 24.4 Å². The van der Waals surface area contributed by atoms with Gasteiger partial charge in [-0.1, -0.05) is 18.5 Å². The van der Waals surface area contributed by atoms with E-state index in [0.717, 1.165) is 39.7 Å². The van der Waals surface area contributed by atoms with Gasteiger partial charge in [0.15, 0.2) is 11.3 Å². The van der Waals surface area contributed by atoms with Crippen molar-refractivity contribution in [2.45, 2.75) is 20.3 Å². The average molecular weight is 287 g/mol. The highest BCUT2D eigenvalue weighted by atomic mass is 35.5. The molecule has 0 fully saturated rings. The van der Waals surface area contributed by atoms with Crippen molar-refractivity contribution in [2.75, 3.05) is 0 Å². The molecular formula is C13H11ClN6. The summed E-state index contributed by atoms with van der Waals surface area (Å²) in [5, 5.41) is 13.8. The molecule has 0 amide bonds. The number of aromatic amines is 1. The first-order valence-electron chi connectivity index (χ1n) is 6.36. The Morgan fingerprint density at radius 2 is 2.20 bits per heavy atom. The second kappa shape index (κ2) is 3.89. The summed E-state index contributed by atoms with van der Waals surface area (Å²) in [6.07, 6.45) is 2.49. The number of halogens is 1. The summed E-state index contributed by atoms with van der Waals surface area (Å²) in [5.74, 6) is 0. The van der Waals surface area contributed by atoms with Crippen LogP contribution in [0, 0.1) is 6.92 Å². The standard InChI is InChI=1S/C13H11ClN6/c1-3-8-10-11-7(5-15-13(10)18-17-8)12(14)16-9-4-6(2)19-20(9)11/h4-5,19H,3H2,1-2H3. The van der Waals surface area contributed by atoms with Crippen molar-refractivity contribution >= 4 is 39.2 Å². The van der Waals surface area contributed by atoms with Gasteiger partial charge in [0.2, 0.25) is 0 Å². The van der Waals surface area contributed by atoms with Crippen LogP contribution in [0.1, 0.15) is 18.3 Å². The van der Waals surface area contributed by atoms with Gasteiger partial charge in [0.1, 0.15) is 5.15 Å². The summed E-state index contributed by atoms with van der Waals surface area (Å²) in [6.45, 7) is 4.03. The SMILES string of the molecule is CCc1nnc2ncc3c(Cl)nc4cc(C)[nH]n4c3c12. The Balaban J connectivity index is 2.37. The number of nitrogens with zero attached hydrogens (tertiary/aromatic N) is 5. The summed E-state index contributed by atoms with van der Waals surface area (Å²) in [6, 6.07) is 1.95. The van der Waals surface area contributed by atoms with Gasteiger partial charge in [-0.25, -0.2) is 14.5 Å². The molecule has 0 aliphatic rings. The molecule has 6 nitrogen and oxygen atoms in total. The van der Waals surface area contributed by atoms with Crippen LogP contribution in [-0.2, 0) is 6.42 Å². The number of rotatable bonds is 1. The maximum absolute atomic E-state index is 6.29. The van der Waals surface area contributed by atoms with Gasteiger partial charge < -0.3 is 0 Å². The Morgan fingerprint density at radius 1 is 1.35 bits per heavy atom. The summed E-state index contributed by atoms with van der Waals surface area (Å²) in [4.78, 5) is 8.71. The zero-order valence-corrected chi connectivity index (χ0v) is 11.7. The fraction of sp³-hybridized carbons (Fsp3) is 0.231. The van der Waals surface area contributed by atoms with Crippen LogP contribution in [0.5, 0.6) is 0 Å². The van der Waals surface area contributed by atoms with Gasteiger partial charge in [-0.2, -0.15) is 5.10 Å². The van der Waals surface area contributed by atoms with Crippen LogP contribution in [0.2, 0.25) is 5.15 Å². The largest absolute Gasteiger partial charge is 0.297 e. The second-order valence-electron chi connectivity index (χ2n) is 4.75. The molecule has 20 heavy (non-hydrogen) atoms. The summed E-state index contributed by atoms with van der Waals surface area (Å²) < 4.78 is 1.92. The number of aryl methyl sites for hydroxylation is 2. The quantitative estimate of drug-likeness (QED) is 0.546. The van der Waals surface area contributed by atoms with Crippen molar-refractivity contribution in [1.29, 1.82) is 0 Å². The molecule has 4 aromatic heterocycles. The van der Waals surface area contributed by atoms with Gasteiger partial charge in [0, 0.05) is 18.0 Å². The zero-order valence-electron chi connectivity index (χ0n) is 11.0. The number of fused-ring (bicyclic) bond motifs is 5. The van der Waals surface area contributed by atoms with Crippen molar-refractivity contribution < 1.29 is 0 Å².